The number of H-pyrrole nitrogens is 1. The molecule has 4 rings (SSSR count). The molecule has 31 heavy (non-hydrogen) atoms. The second kappa shape index (κ2) is 9.00. The normalized spacial score (nSPS) is 11.8. The van der Waals surface area contributed by atoms with E-state index >= 15 is 0 Å². The fourth-order valence-corrected chi connectivity index (χ4v) is 3.93. The van der Waals surface area contributed by atoms with Crippen LogP contribution >= 0.6 is 0 Å². The lowest BCUT2D eigenvalue weighted by molar-refractivity contribution is -0.142. The highest BCUT2D eigenvalue weighted by Gasteiger charge is 2.23. The minimum Gasteiger partial charge on any atom is -0.467 e. The maximum Gasteiger partial charge on any atom is 0.330 e. The van der Waals surface area contributed by atoms with Crippen molar-refractivity contribution in [3.8, 4) is 0 Å². The molecule has 0 aliphatic rings. The number of carbonyl (C=O) groups is 1. The lowest BCUT2D eigenvalue weighted by Gasteiger charge is -2.15. The van der Waals surface area contributed by atoms with Crippen LogP contribution in [0.25, 0.3) is 10.9 Å². The van der Waals surface area contributed by atoms with Gasteiger partial charge in [-0.3, -0.25) is 4.99 Å². The monoisotopic (exact) mass is 410 g/mol. The number of carbonyl (C=O) groups excluding carboxylic acids is 1. The number of benzene rings is 3. The van der Waals surface area contributed by atoms with E-state index in [1.54, 1.807) is 0 Å². The molecule has 1 aromatic heterocycles. The zero-order valence-corrected chi connectivity index (χ0v) is 18.1. The van der Waals surface area contributed by atoms with Crippen molar-refractivity contribution >= 4 is 22.6 Å². The van der Waals surface area contributed by atoms with E-state index in [1.807, 2.05) is 67.6 Å². The van der Waals surface area contributed by atoms with Gasteiger partial charge in [-0.1, -0.05) is 72.3 Å². The molecule has 1 heterocycles. The minimum absolute atomic E-state index is 0.342. The van der Waals surface area contributed by atoms with Gasteiger partial charge in [0.25, 0.3) is 0 Å². The van der Waals surface area contributed by atoms with Gasteiger partial charge in [0.1, 0.15) is 0 Å². The van der Waals surface area contributed by atoms with Crippen molar-refractivity contribution in [2.45, 2.75) is 26.3 Å². The summed E-state index contributed by atoms with van der Waals surface area (Å²) in [5.41, 5.74) is 7.11. The summed E-state index contributed by atoms with van der Waals surface area (Å²) in [5.74, 6) is -0.342. The quantitative estimate of drug-likeness (QED) is 0.341. The molecule has 0 bridgehead atoms. The summed E-state index contributed by atoms with van der Waals surface area (Å²) in [5, 5.41) is 1.13. The second-order valence-corrected chi connectivity index (χ2v) is 7.73. The van der Waals surface area contributed by atoms with E-state index in [0.29, 0.717) is 6.42 Å². The van der Waals surface area contributed by atoms with Gasteiger partial charge in [0, 0.05) is 34.1 Å². The largest absolute Gasteiger partial charge is 0.467 e. The van der Waals surface area contributed by atoms with Crippen molar-refractivity contribution < 1.29 is 9.53 Å². The Labute approximate surface area is 182 Å². The third kappa shape index (κ3) is 4.43. The maximum atomic E-state index is 12.8. The van der Waals surface area contributed by atoms with Gasteiger partial charge >= 0.3 is 5.97 Å². The molecular weight excluding hydrogens is 384 g/mol. The van der Waals surface area contributed by atoms with Gasteiger partial charge in [-0.25, -0.2) is 4.79 Å². The van der Waals surface area contributed by atoms with Crippen LogP contribution in [0.2, 0.25) is 0 Å². The van der Waals surface area contributed by atoms with E-state index < -0.39 is 6.04 Å². The molecule has 0 saturated carbocycles. The van der Waals surface area contributed by atoms with Crippen molar-refractivity contribution in [3.63, 3.8) is 0 Å². The molecule has 0 aliphatic carbocycles. The van der Waals surface area contributed by atoms with Crippen molar-refractivity contribution in [2.75, 3.05) is 7.11 Å². The van der Waals surface area contributed by atoms with Crippen molar-refractivity contribution in [2.24, 2.45) is 4.99 Å². The van der Waals surface area contributed by atoms with Gasteiger partial charge in [-0.2, -0.15) is 0 Å². The summed E-state index contributed by atoms with van der Waals surface area (Å²) >= 11 is 0. The van der Waals surface area contributed by atoms with Crippen LogP contribution < -0.4 is 0 Å². The van der Waals surface area contributed by atoms with Gasteiger partial charge in [0.05, 0.1) is 12.8 Å². The highest BCUT2D eigenvalue weighted by Crippen LogP contribution is 2.26. The molecule has 0 unspecified atom stereocenters. The molecule has 156 valence electrons. The molecule has 1 N–H and O–H groups in total. The number of nitrogens with one attached hydrogen (secondary N) is 1. The van der Waals surface area contributed by atoms with Crippen LogP contribution in [0.15, 0.2) is 83.9 Å². The van der Waals surface area contributed by atoms with E-state index in [2.05, 4.69) is 30.1 Å². The molecule has 4 heteroatoms. The Kier molecular flexibility index (Phi) is 5.99. The Morgan fingerprint density at radius 1 is 0.935 bits per heavy atom. The number of fused-ring (bicyclic) bond motifs is 1. The summed E-state index contributed by atoms with van der Waals surface area (Å²) in [4.78, 5) is 21.2. The summed E-state index contributed by atoms with van der Waals surface area (Å²) in [6, 6.07) is 25.6. The molecule has 0 aliphatic heterocycles. The zero-order valence-electron chi connectivity index (χ0n) is 18.1. The average molecular weight is 411 g/mol. The third-order valence-electron chi connectivity index (χ3n) is 5.53. The first-order chi connectivity index (χ1) is 15.1. The van der Waals surface area contributed by atoms with Crippen molar-refractivity contribution in [3.05, 3.63) is 107 Å². The number of hydrogen-bond acceptors (Lipinski definition) is 3. The third-order valence-corrected chi connectivity index (χ3v) is 5.53. The highest BCUT2D eigenvalue weighted by molar-refractivity contribution is 6.13. The predicted molar refractivity (Wildman–Crippen MR) is 126 cm³/mol. The van der Waals surface area contributed by atoms with Gasteiger partial charge in [0.15, 0.2) is 6.04 Å². The average Bonchev–Trinajstić information content (AvgIpc) is 3.11. The SMILES string of the molecule is COC(=O)[C@@H](Cc1c(C)[nH]c2ccc(C)cc12)N=C(c1ccccc1)c1ccccc1. The molecule has 1 atom stereocenters. The zero-order chi connectivity index (χ0) is 21.8. The summed E-state index contributed by atoms with van der Waals surface area (Å²) in [6.45, 7) is 4.11. The van der Waals surface area contributed by atoms with E-state index in [9.17, 15) is 4.79 Å². The number of aliphatic imine (C=N–C) groups is 1. The predicted octanol–water partition coefficient (Wildman–Crippen LogP) is 5.41. The number of nitrogens with zero attached hydrogens (tertiary/aromatic N) is 1. The molecular formula is C27H26N2O2. The van der Waals surface area contributed by atoms with Crippen LogP contribution in [0.5, 0.6) is 0 Å². The lowest BCUT2D eigenvalue weighted by Crippen LogP contribution is -2.25. The summed E-state index contributed by atoms with van der Waals surface area (Å²) < 4.78 is 5.15. The lowest BCUT2D eigenvalue weighted by atomic mass is 9.99. The number of aryl methyl sites for hydroxylation is 2. The van der Waals surface area contributed by atoms with Crippen LogP contribution in [0.3, 0.4) is 0 Å². The van der Waals surface area contributed by atoms with Gasteiger partial charge < -0.3 is 9.72 Å². The minimum atomic E-state index is -0.654. The number of ether oxygens (including phenoxy) is 1. The van der Waals surface area contributed by atoms with Crippen LogP contribution in [0.4, 0.5) is 0 Å². The maximum absolute atomic E-state index is 12.8. The molecule has 0 saturated heterocycles. The smallest absolute Gasteiger partial charge is 0.330 e. The van der Waals surface area contributed by atoms with Crippen molar-refractivity contribution in [1.29, 1.82) is 0 Å². The standard InChI is InChI=1S/C27H26N2O2/c1-18-14-15-24-23(16-18)22(19(2)28-24)17-25(27(30)31-3)29-26(20-10-6-4-7-11-20)21-12-8-5-9-13-21/h4-16,25,28H,17H2,1-3H3/t25-/m1/s1. The summed E-state index contributed by atoms with van der Waals surface area (Å²) in [7, 11) is 1.42. The first-order valence-corrected chi connectivity index (χ1v) is 10.4. The Hall–Kier alpha value is -3.66. The molecule has 0 amide bonds. The highest BCUT2D eigenvalue weighted by atomic mass is 16.5. The van der Waals surface area contributed by atoms with Gasteiger partial charge in [-0.15, -0.1) is 0 Å². The first kappa shape index (κ1) is 20.6. The number of esters is 1. The van der Waals surface area contributed by atoms with E-state index in [1.165, 1.54) is 12.7 Å². The van der Waals surface area contributed by atoms with Crippen LogP contribution in [-0.2, 0) is 16.0 Å². The van der Waals surface area contributed by atoms with Crippen molar-refractivity contribution in [1.82, 2.24) is 4.98 Å². The Balaban J connectivity index is 1.82. The number of methoxy groups -OCH3 is 1. The Morgan fingerprint density at radius 3 is 2.13 bits per heavy atom. The molecule has 0 fully saturated rings. The van der Waals surface area contributed by atoms with Gasteiger partial charge in [0.2, 0.25) is 0 Å². The number of aromatic amines is 1. The topological polar surface area (TPSA) is 54.5 Å². The molecule has 4 nitrogen and oxygen atoms in total. The first-order valence-electron chi connectivity index (χ1n) is 10.4. The van der Waals surface area contributed by atoms with Gasteiger partial charge in [-0.05, 0) is 31.5 Å². The molecule has 0 spiro atoms. The van der Waals surface area contributed by atoms with Crippen LogP contribution in [0, 0.1) is 13.8 Å². The van der Waals surface area contributed by atoms with Crippen LogP contribution in [0.1, 0.15) is 27.9 Å². The fourth-order valence-electron chi connectivity index (χ4n) is 3.93. The summed E-state index contributed by atoms with van der Waals surface area (Å²) in [6.07, 6.45) is 0.463. The van der Waals surface area contributed by atoms with E-state index in [0.717, 1.165) is 39.0 Å². The molecule has 3 aromatic carbocycles. The van der Waals surface area contributed by atoms with E-state index in [-0.39, 0.29) is 5.97 Å². The number of aromatic nitrogens is 1. The number of rotatable bonds is 6. The molecule has 0 radical (unpaired) electrons. The molecule has 4 aromatic rings. The Bertz CT molecular complexity index is 1180. The Morgan fingerprint density at radius 2 is 1.55 bits per heavy atom. The van der Waals surface area contributed by atoms with Crippen LogP contribution in [-0.4, -0.2) is 29.8 Å². The number of hydrogen-bond donors (Lipinski definition) is 1. The van der Waals surface area contributed by atoms with E-state index in [4.69, 9.17) is 9.73 Å². The second-order valence-electron chi connectivity index (χ2n) is 7.73. The fraction of sp³-hybridized carbons (Fsp3) is 0.185.